The molecule has 0 radical (unpaired) electrons. The van der Waals surface area contributed by atoms with Gasteiger partial charge in [0, 0.05) is 0 Å². The van der Waals surface area contributed by atoms with E-state index in [4.69, 9.17) is 0 Å². The van der Waals surface area contributed by atoms with Crippen LogP contribution in [0.1, 0.15) is 41.5 Å². The molecule has 0 aliphatic heterocycles. The van der Waals surface area contributed by atoms with Crippen LogP contribution in [-0.4, -0.2) is 10.3 Å². The SMILES string of the molecule is CC(C)(C)PC(C)(C)C.Cl.Cl. The molecule has 0 aliphatic carbocycles. The first-order chi connectivity index (χ1) is 3.71. The molecule has 3 heteroatoms. The summed E-state index contributed by atoms with van der Waals surface area (Å²) in [5.74, 6) is 0. The van der Waals surface area contributed by atoms with E-state index in [-0.39, 0.29) is 24.8 Å². The number of hydrogen-bond donors (Lipinski definition) is 0. The van der Waals surface area contributed by atoms with E-state index in [1.165, 1.54) is 0 Å². The topological polar surface area (TPSA) is 0 Å². The second kappa shape index (κ2) is 5.62. The second-order valence-corrected chi connectivity index (χ2v) is 7.88. The van der Waals surface area contributed by atoms with Crippen molar-refractivity contribution in [2.45, 2.75) is 51.9 Å². The maximum Gasteiger partial charge on any atom is -0.0202 e. The average Bonchev–Trinajstić information content (AvgIpc) is 1.14. The zero-order chi connectivity index (χ0) is 7.71. The van der Waals surface area contributed by atoms with E-state index in [2.05, 4.69) is 41.5 Å². The van der Waals surface area contributed by atoms with Crippen LogP contribution in [0.25, 0.3) is 0 Å². The highest BCUT2D eigenvalue weighted by Crippen LogP contribution is 2.41. The monoisotopic (exact) mass is 218 g/mol. The van der Waals surface area contributed by atoms with Crippen molar-refractivity contribution < 1.29 is 0 Å². The highest BCUT2D eigenvalue weighted by atomic mass is 35.5. The van der Waals surface area contributed by atoms with Crippen molar-refractivity contribution in [3.63, 3.8) is 0 Å². The first kappa shape index (κ1) is 17.9. The molecule has 0 aromatic carbocycles. The van der Waals surface area contributed by atoms with E-state index in [1.54, 1.807) is 0 Å². The van der Waals surface area contributed by atoms with Crippen molar-refractivity contribution >= 4 is 33.4 Å². The van der Waals surface area contributed by atoms with Gasteiger partial charge in [0.05, 0.1) is 0 Å². The third-order valence-corrected chi connectivity index (χ3v) is 2.25. The molecule has 0 N–H and O–H groups in total. The lowest BCUT2D eigenvalue weighted by Crippen LogP contribution is -2.16. The zero-order valence-corrected chi connectivity index (χ0v) is 10.9. The molecule has 0 bridgehead atoms. The minimum atomic E-state index is 0. The van der Waals surface area contributed by atoms with Crippen LogP contribution in [0.15, 0.2) is 0 Å². The Morgan fingerprint density at radius 3 is 0.818 bits per heavy atom. The Hall–Kier alpha value is 1.01. The van der Waals surface area contributed by atoms with Crippen LogP contribution in [0, 0.1) is 0 Å². The highest BCUT2D eigenvalue weighted by Gasteiger charge is 2.19. The van der Waals surface area contributed by atoms with Gasteiger partial charge in [0.2, 0.25) is 0 Å². The number of hydrogen-bond acceptors (Lipinski definition) is 0. The molecule has 0 aliphatic rings. The summed E-state index contributed by atoms with van der Waals surface area (Å²) in [6, 6.07) is 0. The molecule has 0 spiro atoms. The van der Waals surface area contributed by atoms with Gasteiger partial charge in [0.1, 0.15) is 0 Å². The molecule has 0 aromatic heterocycles. The van der Waals surface area contributed by atoms with E-state index >= 15 is 0 Å². The molecule has 11 heavy (non-hydrogen) atoms. The van der Waals surface area contributed by atoms with Crippen LogP contribution in [-0.2, 0) is 0 Å². The molecule has 0 heterocycles. The molecule has 0 saturated carbocycles. The number of halogens is 2. The molecule has 0 aromatic rings. The van der Waals surface area contributed by atoms with Gasteiger partial charge in [-0.3, -0.25) is 0 Å². The maximum atomic E-state index is 2.30. The highest BCUT2D eigenvalue weighted by molar-refractivity contribution is 7.41. The van der Waals surface area contributed by atoms with Gasteiger partial charge in [-0.1, -0.05) is 41.5 Å². The van der Waals surface area contributed by atoms with Gasteiger partial charge in [-0.25, -0.2) is 0 Å². The minimum Gasteiger partial charge on any atom is -0.147 e. The van der Waals surface area contributed by atoms with Crippen molar-refractivity contribution in [3.8, 4) is 0 Å². The predicted octanol–water partition coefficient (Wildman–Crippen LogP) is 4.11. The fraction of sp³-hybridized carbons (Fsp3) is 1.00. The van der Waals surface area contributed by atoms with Gasteiger partial charge in [-0.05, 0) is 10.3 Å². The zero-order valence-electron chi connectivity index (χ0n) is 8.32. The molecule has 0 atom stereocenters. The Bertz CT molecular complexity index is 77.2. The fourth-order valence-corrected chi connectivity index (χ4v) is 3.38. The van der Waals surface area contributed by atoms with Gasteiger partial charge >= 0.3 is 0 Å². The quantitative estimate of drug-likeness (QED) is 0.538. The van der Waals surface area contributed by atoms with E-state index in [0.717, 1.165) is 8.58 Å². The lowest BCUT2D eigenvalue weighted by atomic mass is 10.2. The van der Waals surface area contributed by atoms with E-state index in [1.807, 2.05) is 0 Å². The Morgan fingerprint density at radius 1 is 0.636 bits per heavy atom. The standard InChI is InChI=1S/C8H19P.2ClH/c1-7(2,3)9-8(4,5)6;;/h9H,1-6H3;2*1H. The second-order valence-electron chi connectivity index (χ2n) is 4.62. The Labute approximate surface area is 85.5 Å². The summed E-state index contributed by atoms with van der Waals surface area (Å²) in [5.41, 5.74) is 0. The van der Waals surface area contributed by atoms with Gasteiger partial charge in [-0.15, -0.1) is 33.4 Å². The summed E-state index contributed by atoms with van der Waals surface area (Å²) in [6.45, 7) is 13.8. The summed E-state index contributed by atoms with van der Waals surface area (Å²) >= 11 is 0. The van der Waals surface area contributed by atoms with E-state index in [0.29, 0.717) is 10.3 Å². The van der Waals surface area contributed by atoms with Crippen molar-refractivity contribution in [1.29, 1.82) is 0 Å². The lowest BCUT2D eigenvalue weighted by molar-refractivity contribution is 0.725. The van der Waals surface area contributed by atoms with E-state index < -0.39 is 0 Å². The van der Waals surface area contributed by atoms with Crippen LogP contribution in [0.4, 0.5) is 0 Å². The molecule has 0 unspecified atom stereocenters. The molecule has 0 nitrogen and oxygen atoms in total. The molecule has 0 saturated heterocycles. The minimum absolute atomic E-state index is 0. The third kappa shape index (κ3) is 18.2. The Morgan fingerprint density at radius 2 is 0.818 bits per heavy atom. The predicted molar refractivity (Wildman–Crippen MR) is 62.3 cm³/mol. The first-order valence-corrected chi connectivity index (χ1v) is 4.50. The van der Waals surface area contributed by atoms with Crippen LogP contribution in [0.5, 0.6) is 0 Å². The molecule has 0 fully saturated rings. The third-order valence-electron chi connectivity index (χ3n) is 0.750. The summed E-state index contributed by atoms with van der Waals surface area (Å²) in [4.78, 5) is 0. The van der Waals surface area contributed by atoms with Gasteiger partial charge in [-0.2, -0.15) is 0 Å². The van der Waals surface area contributed by atoms with Crippen LogP contribution >= 0.6 is 33.4 Å². The molecular weight excluding hydrogens is 198 g/mol. The fourth-order valence-electron chi connectivity index (χ4n) is 1.12. The van der Waals surface area contributed by atoms with Crippen molar-refractivity contribution in [2.24, 2.45) is 0 Å². The molecule has 0 amide bonds. The Balaban J connectivity index is -0.000000320. The first-order valence-electron chi connectivity index (χ1n) is 3.50. The molecular formula is C8H21Cl2P. The summed E-state index contributed by atoms with van der Waals surface area (Å²) in [7, 11) is 1.05. The summed E-state index contributed by atoms with van der Waals surface area (Å²) in [5, 5.41) is 1.02. The van der Waals surface area contributed by atoms with Gasteiger partial charge in [0.15, 0.2) is 0 Å². The van der Waals surface area contributed by atoms with Crippen LogP contribution in [0.2, 0.25) is 0 Å². The normalized spacial score (nSPS) is 11.5. The van der Waals surface area contributed by atoms with Crippen molar-refractivity contribution in [1.82, 2.24) is 0 Å². The molecule has 0 rings (SSSR count). The van der Waals surface area contributed by atoms with Crippen molar-refractivity contribution in [3.05, 3.63) is 0 Å². The summed E-state index contributed by atoms with van der Waals surface area (Å²) < 4.78 is 0. The largest absolute Gasteiger partial charge is 0.147 e. The lowest BCUT2D eigenvalue weighted by Gasteiger charge is -2.28. The van der Waals surface area contributed by atoms with Crippen LogP contribution in [0.3, 0.4) is 0 Å². The summed E-state index contributed by atoms with van der Waals surface area (Å²) in [6.07, 6.45) is 0. The molecule has 72 valence electrons. The van der Waals surface area contributed by atoms with Gasteiger partial charge in [0.25, 0.3) is 0 Å². The number of rotatable bonds is 0. The van der Waals surface area contributed by atoms with Crippen molar-refractivity contribution in [2.75, 3.05) is 0 Å². The smallest absolute Gasteiger partial charge is 0.0202 e. The van der Waals surface area contributed by atoms with Crippen LogP contribution < -0.4 is 0 Å². The van der Waals surface area contributed by atoms with E-state index in [9.17, 15) is 0 Å². The maximum absolute atomic E-state index is 2.30. The Kier molecular flexibility index (Phi) is 9.16. The average molecular weight is 219 g/mol. The van der Waals surface area contributed by atoms with Gasteiger partial charge < -0.3 is 0 Å².